The van der Waals surface area contributed by atoms with Gasteiger partial charge in [-0.1, -0.05) is 49.4 Å². The first-order chi connectivity index (χ1) is 23.6. The molecule has 1 heterocycles. The van der Waals surface area contributed by atoms with Crippen LogP contribution in [-0.4, -0.2) is 64.1 Å². The molecular weight excluding hydrogens is 649 g/mol. The lowest BCUT2D eigenvalue weighted by atomic mass is 10.0. The largest absolute Gasteiger partial charge is 0.497 e. The Bertz CT molecular complexity index is 1860. The Hall–Kier alpha value is -5.10. The Kier molecular flexibility index (Phi) is 11.4. The van der Waals surface area contributed by atoms with E-state index in [1.54, 1.807) is 24.3 Å². The first kappa shape index (κ1) is 35.2. The van der Waals surface area contributed by atoms with E-state index in [1.807, 2.05) is 44.2 Å². The van der Waals surface area contributed by atoms with Crippen molar-refractivity contribution in [2.75, 3.05) is 31.2 Å². The zero-order valence-electron chi connectivity index (χ0n) is 27.7. The van der Waals surface area contributed by atoms with Crippen molar-refractivity contribution in [2.24, 2.45) is 0 Å². The molecule has 5 rings (SSSR count). The van der Waals surface area contributed by atoms with Gasteiger partial charge in [-0.3, -0.25) is 13.9 Å². The maximum absolute atomic E-state index is 14.6. The molecule has 0 aromatic heterocycles. The summed E-state index contributed by atoms with van der Waals surface area (Å²) in [6, 6.07) is 24.3. The lowest BCUT2D eigenvalue weighted by Gasteiger charge is -2.34. The highest BCUT2D eigenvalue weighted by Gasteiger charge is 2.35. The molecule has 1 aliphatic heterocycles. The highest BCUT2D eigenvalue weighted by Crippen LogP contribution is 2.34. The van der Waals surface area contributed by atoms with E-state index in [9.17, 15) is 22.4 Å². The van der Waals surface area contributed by atoms with Gasteiger partial charge in [0.2, 0.25) is 11.8 Å². The van der Waals surface area contributed by atoms with E-state index in [4.69, 9.17) is 14.2 Å². The average Bonchev–Trinajstić information content (AvgIpc) is 3.12. The number of halogens is 1. The number of ether oxygens (including phenoxy) is 3. The second kappa shape index (κ2) is 15.9. The molecule has 10 nitrogen and oxygen atoms in total. The average molecular weight is 690 g/mol. The first-order valence-electron chi connectivity index (χ1n) is 16.0. The van der Waals surface area contributed by atoms with Crippen LogP contribution in [0.2, 0.25) is 0 Å². The second-order valence-corrected chi connectivity index (χ2v) is 13.6. The number of nitrogens with zero attached hydrogens (tertiary/aromatic N) is 2. The van der Waals surface area contributed by atoms with Gasteiger partial charge in [-0.05, 0) is 73.0 Å². The summed E-state index contributed by atoms with van der Waals surface area (Å²) in [4.78, 5) is 29.9. The standard InChI is InChI=1S/C37H40FN3O7S/c1-4-26(2)39-37(43)33(22-27-9-6-5-7-10-27)40(24-28-11-8-12-31(21-28)46-3)36(42)25-41(30-15-13-29(38)14-16-30)49(44,45)32-17-18-34-35(23-32)48-20-19-47-34/h5-18,21,23,26,33H,4,19-20,22,24-25H2,1-3H3,(H,39,43)/t26-,33-/m0/s1. The van der Waals surface area contributed by atoms with Crippen molar-refractivity contribution < 1.29 is 36.6 Å². The third kappa shape index (κ3) is 8.69. The SMILES string of the molecule is CC[C@H](C)NC(=O)[C@H](Cc1ccccc1)N(Cc1cccc(OC)c1)C(=O)CN(c1ccc(F)cc1)S(=O)(=O)c1ccc2c(c1)OCCO2. The predicted molar refractivity (Wildman–Crippen MR) is 184 cm³/mol. The van der Waals surface area contributed by atoms with Crippen LogP contribution >= 0.6 is 0 Å². The van der Waals surface area contributed by atoms with Crippen molar-refractivity contribution in [1.29, 1.82) is 0 Å². The van der Waals surface area contributed by atoms with Crippen LogP contribution in [0.25, 0.3) is 0 Å². The fraction of sp³-hybridized carbons (Fsp3) is 0.297. The molecule has 1 N–H and O–H groups in total. The molecule has 12 heteroatoms. The summed E-state index contributed by atoms with van der Waals surface area (Å²) in [5.74, 6) is -0.387. The number of hydrogen-bond donors (Lipinski definition) is 1. The van der Waals surface area contributed by atoms with E-state index in [1.165, 1.54) is 42.3 Å². The third-order valence-corrected chi connectivity index (χ3v) is 10.0. The Morgan fingerprint density at radius 2 is 1.59 bits per heavy atom. The number of anilines is 1. The maximum atomic E-state index is 14.6. The van der Waals surface area contributed by atoms with Gasteiger partial charge in [0.1, 0.15) is 37.4 Å². The van der Waals surface area contributed by atoms with Crippen LogP contribution in [-0.2, 0) is 32.6 Å². The Balaban J connectivity index is 1.58. The maximum Gasteiger partial charge on any atom is 0.264 e. The molecule has 258 valence electrons. The number of carbonyl (C=O) groups is 2. The minimum atomic E-state index is -4.43. The molecule has 0 spiro atoms. The molecule has 4 aromatic rings. The number of nitrogens with one attached hydrogen (secondary N) is 1. The van der Waals surface area contributed by atoms with Gasteiger partial charge >= 0.3 is 0 Å². The Labute approximate surface area is 286 Å². The van der Waals surface area contributed by atoms with Crippen LogP contribution in [0.5, 0.6) is 17.2 Å². The number of rotatable bonds is 14. The summed E-state index contributed by atoms with van der Waals surface area (Å²) < 4.78 is 60.3. The highest BCUT2D eigenvalue weighted by molar-refractivity contribution is 7.92. The quantitative estimate of drug-likeness (QED) is 0.190. The zero-order chi connectivity index (χ0) is 35.0. The third-order valence-electron chi connectivity index (χ3n) is 8.25. The fourth-order valence-electron chi connectivity index (χ4n) is 5.41. The molecule has 4 aromatic carbocycles. The van der Waals surface area contributed by atoms with Gasteiger partial charge < -0.3 is 24.4 Å². The summed E-state index contributed by atoms with van der Waals surface area (Å²) >= 11 is 0. The molecule has 2 amide bonds. The summed E-state index contributed by atoms with van der Waals surface area (Å²) in [6.45, 7) is 3.68. The number of amides is 2. The minimum Gasteiger partial charge on any atom is -0.497 e. The van der Waals surface area contributed by atoms with Gasteiger partial charge in [-0.15, -0.1) is 0 Å². The van der Waals surface area contributed by atoms with Gasteiger partial charge in [0.05, 0.1) is 17.7 Å². The van der Waals surface area contributed by atoms with E-state index in [0.717, 1.165) is 22.0 Å². The molecule has 0 bridgehead atoms. The highest BCUT2D eigenvalue weighted by atomic mass is 32.2. The normalized spacial score (nSPS) is 13.6. The number of methoxy groups -OCH3 is 1. The summed E-state index contributed by atoms with van der Waals surface area (Å²) in [7, 11) is -2.90. The number of sulfonamides is 1. The molecule has 2 atom stereocenters. The van der Waals surface area contributed by atoms with Gasteiger partial charge in [-0.2, -0.15) is 0 Å². The second-order valence-electron chi connectivity index (χ2n) is 11.7. The van der Waals surface area contributed by atoms with Gasteiger partial charge in [0, 0.05) is 25.1 Å². The van der Waals surface area contributed by atoms with E-state index in [0.29, 0.717) is 30.1 Å². The van der Waals surface area contributed by atoms with Crippen molar-refractivity contribution in [1.82, 2.24) is 10.2 Å². The molecule has 0 saturated heterocycles. The Morgan fingerprint density at radius 3 is 2.29 bits per heavy atom. The summed E-state index contributed by atoms with van der Waals surface area (Å²) in [5.41, 5.74) is 1.55. The minimum absolute atomic E-state index is 0.0250. The molecule has 1 aliphatic rings. The number of hydrogen-bond acceptors (Lipinski definition) is 7. The smallest absolute Gasteiger partial charge is 0.264 e. The molecule has 49 heavy (non-hydrogen) atoms. The predicted octanol–water partition coefficient (Wildman–Crippen LogP) is 5.36. The number of fused-ring (bicyclic) bond motifs is 1. The topological polar surface area (TPSA) is 114 Å². The van der Waals surface area contributed by atoms with E-state index >= 15 is 0 Å². The van der Waals surface area contributed by atoms with Gasteiger partial charge in [0.15, 0.2) is 11.5 Å². The Morgan fingerprint density at radius 1 is 0.898 bits per heavy atom. The number of benzene rings is 4. The molecule has 0 unspecified atom stereocenters. The molecule has 0 saturated carbocycles. The lowest BCUT2D eigenvalue weighted by Crippen LogP contribution is -2.54. The van der Waals surface area contributed by atoms with E-state index < -0.39 is 34.3 Å². The first-order valence-corrected chi connectivity index (χ1v) is 17.5. The van der Waals surface area contributed by atoms with Crippen LogP contribution in [0.15, 0.2) is 102 Å². The fourth-order valence-corrected chi connectivity index (χ4v) is 6.84. The van der Waals surface area contributed by atoms with Gasteiger partial charge in [-0.25, -0.2) is 12.8 Å². The van der Waals surface area contributed by atoms with Crippen molar-refractivity contribution >= 4 is 27.5 Å². The molecule has 0 fully saturated rings. The van der Waals surface area contributed by atoms with Crippen molar-refractivity contribution in [3.05, 3.63) is 114 Å². The van der Waals surface area contributed by atoms with Crippen LogP contribution in [0.1, 0.15) is 31.4 Å². The molecule has 0 radical (unpaired) electrons. The van der Waals surface area contributed by atoms with Crippen molar-refractivity contribution in [3.63, 3.8) is 0 Å². The van der Waals surface area contributed by atoms with Crippen LogP contribution in [0, 0.1) is 5.82 Å². The molecular formula is C37H40FN3O7S. The number of carbonyl (C=O) groups excluding carboxylic acids is 2. The van der Waals surface area contributed by atoms with Crippen LogP contribution < -0.4 is 23.8 Å². The summed E-state index contributed by atoms with van der Waals surface area (Å²) in [6.07, 6.45) is 0.837. The van der Waals surface area contributed by atoms with Gasteiger partial charge in [0.25, 0.3) is 10.0 Å². The van der Waals surface area contributed by atoms with E-state index in [2.05, 4.69) is 5.32 Å². The lowest BCUT2D eigenvalue weighted by molar-refractivity contribution is -0.140. The monoisotopic (exact) mass is 689 g/mol. The van der Waals surface area contributed by atoms with Crippen molar-refractivity contribution in [3.8, 4) is 17.2 Å². The molecule has 0 aliphatic carbocycles. The van der Waals surface area contributed by atoms with E-state index in [-0.39, 0.29) is 47.9 Å². The van der Waals surface area contributed by atoms with Crippen molar-refractivity contribution in [2.45, 2.75) is 50.2 Å². The van der Waals surface area contributed by atoms with Crippen LogP contribution in [0.4, 0.5) is 10.1 Å². The summed E-state index contributed by atoms with van der Waals surface area (Å²) in [5, 5.41) is 3.01. The van der Waals surface area contributed by atoms with Crippen LogP contribution in [0.3, 0.4) is 0 Å². The zero-order valence-corrected chi connectivity index (χ0v) is 28.5.